The first kappa shape index (κ1) is 11.3. The lowest BCUT2D eigenvalue weighted by Crippen LogP contribution is -2.32. The number of hydrogen-bond donors (Lipinski definition) is 0. The SMILES string of the molecule is CC(C)SOCCN1CCCCC1. The fourth-order valence-corrected chi connectivity index (χ4v) is 1.98. The van der Waals surface area contributed by atoms with Crippen molar-refractivity contribution in [2.75, 3.05) is 26.2 Å². The van der Waals surface area contributed by atoms with E-state index in [9.17, 15) is 0 Å². The van der Waals surface area contributed by atoms with E-state index in [1.807, 2.05) is 0 Å². The highest BCUT2D eigenvalue weighted by molar-refractivity contribution is 7.95. The second kappa shape index (κ2) is 6.68. The molecule has 0 aromatic carbocycles. The van der Waals surface area contributed by atoms with Gasteiger partial charge in [-0.05, 0) is 38.0 Å². The number of rotatable bonds is 5. The highest BCUT2D eigenvalue weighted by Gasteiger charge is 2.09. The summed E-state index contributed by atoms with van der Waals surface area (Å²) < 4.78 is 5.47. The largest absolute Gasteiger partial charge is 0.314 e. The molecule has 0 aliphatic carbocycles. The van der Waals surface area contributed by atoms with Gasteiger partial charge in [-0.2, -0.15) is 0 Å². The summed E-state index contributed by atoms with van der Waals surface area (Å²) >= 11 is 1.59. The zero-order valence-corrected chi connectivity index (χ0v) is 9.61. The van der Waals surface area contributed by atoms with Crippen LogP contribution in [0.4, 0.5) is 0 Å². The van der Waals surface area contributed by atoms with Crippen LogP contribution in [0.15, 0.2) is 0 Å². The molecule has 0 spiro atoms. The molecule has 0 aromatic rings. The molecule has 3 heteroatoms. The van der Waals surface area contributed by atoms with Crippen LogP contribution >= 0.6 is 12.0 Å². The van der Waals surface area contributed by atoms with Crippen LogP contribution in [0.2, 0.25) is 0 Å². The first-order chi connectivity index (χ1) is 6.29. The molecule has 0 unspecified atom stereocenters. The summed E-state index contributed by atoms with van der Waals surface area (Å²) in [5, 5.41) is 0.585. The Morgan fingerprint density at radius 3 is 2.54 bits per heavy atom. The Balaban J connectivity index is 1.92. The van der Waals surface area contributed by atoms with Gasteiger partial charge in [0.25, 0.3) is 0 Å². The molecule has 0 radical (unpaired) electrons. The van der Waals surface area contributed by atoms with E-state index < -0.39 is 0 Å². The molecule has 1 aliphatic rings. The number of likely N-dealkylation sites (tertiary alicyclic amines) is 1. The topological polar surface area (TPSA) is 12.5 Å². The fraction of sp³-hybridized carbons (Fsp3) is 1.00. The zero-order valence-electron chi connectivity index (χ0n) is 8.79. The molecule has 0 amide bonds. The summed E-state index contributed by atoms with van der Waals surface area (Å²) in [6, 6.07) is 0. The first-order valence-corrected chi connectivity index (χ1v) is 6.10. The molecule has 1 fully saturated rings. The van der Waals surface area contributed by atoms with Gasteiger partial charge >= 0.3 is 0 Å². The van der Waals surface area contributed by atoms with Gasteiger partial charge in [-0.25, -0.2) is 0 Å². The minimum Gasteiger partial charge on any atom is -0.314 e. The smallest absolute Gasteiger partial charge is 0.0741 e. The van der Waals surface area contributed by atoms with Crippen LogP contribution in [0.25, 0.3) is 0 Å². The molecule has 0 bridgehead atoms. The summed E-state index contributed by atoms with van der Waals surface area (Å²) in [5.74, 6) is 0. The highest BCUT2D eigenvalue weighted by Crippen LogP contribution is 2.12. The summed E-state index contributed by atoms with van der Waals surface area (Å²) in [7, 11) is 0. The van der Waals surface area contributed by atoms with Crippen LogP contribution in [0.5, 0.6) is 0 Å². The van der Waals surface area contributed by atoms with Crippen molar-refractivity contribution >= 4 is 12.0 Å². The molecule has 0 atom stereocenters. The van der Waals surface area contributed by atoms with Crippen LogP contribution in [-0.2, 0) is 4.18 Å². The maximum absolute atomic E-state index is 5.47. The van der Waals surface area contributed by atoms with Gasteiger partial charge in [-0.15, -0.1) is 0 Å². The molecular formula is C10H21NOS. The molecule has 1 saturated heterocycles. The van der Waals surface area contributed by atoms with Crippen LogP contribution < -0.4 is 0 Å². The van der Waals surface area contributed by atoms with Crippen LogP contribution in [0, 0.1) is 0 Å². The van der Waals surface area contributed by atoms with Gasteiger partial charge in [0, 0.05) is 11.8 Å². The van der Waals surface area contributed by atoms with Crippen molar-refractivity contribution < 1.29 is 4.18 Å². The molecule has 0 aromatic heterocycles. The van der Waals surface area contributed by atoms with E-state index in [2.05, 4.69) is 18.7 Å². The lowest BCUT2D eigenvalue weighted by atomic mass is 10.1. The van der Waals surface area contributed by atoms with Gasteiger partial charge in [-0.3, -0.25) is 0 Å². The lowest BCUT2D eigenvalue weighted by Gasteiger charge is -2.25. The van der Waals surface area contributed by atoms with E-state index in [0.717, 1.165) is 13.2 Å². The number of nitrogens with zero attached hydrogens (tertiary/aromatic N) is 1. The van der Waals surface area contributed by atoms with E-state index in [0.29, 0.717) is 5.25 Å². The van der Waals surface area contributed by atoms with E-state index >= 15 is 0 Å². The standard InChI is InChI=1S/C10H21NOS/c1-10(2)13-12-9-8-11-6-4-3-5-7-11/h10H,3-9H2,1-2H3. The minimum atomic E-state index is 0.585. The molecule has 1 aliphatic heterocycles. The fourth-order valence-electron chi connectivity index (χ4n) is 1.53. The second-order valence-corrected chi connectivity index (χ2v) is 5.24. The second-order valence-electron chi connectivity index (χ2n) is 3.87. The van der Waals surface area contributed by atoms with Crippen molar-refractivity contribution in [1.29, 1.82) is 0 Å². The van der Waals surface area contributed by atoms with Gasteiger partial charge < -0.3 is 9.08 Å². The monoisotopic (exact) mass is 203 g/mol. The Morgan fingerprint density at radius 1 is 1.23 bits per heavy atom. The lowest BCUT2D eigenvalue weighted by molar-refractivity contribution is 0.194. The zero-order chi connectivity index (χ0) is 9.52. The van der Waals surface area contributed by atoms with Crippen molar-refractivity contribution in [3.63, 3.8) is 0 Å². The Bertz CT molecular complexity index is 124. The molecule has 0 saturated carbocycles. The summed E-state index contributed by atoms with van der Waals surface area (Å²) in [6.07, 6.45) is 4.16. The van der Waals surface area contributed by atoms with Gasteiger partial charge in [0.05, 0.1) is 6.61 Å². The molecule has 0 N–H and O–H groups in total. The van der Waals surface area contributed by atoms with Crippen molar-refractivity contribution in [2.24, 2.45) is 0 Å². The van der Waals surface area contributed by atoms with Crippen LogP contribution in [0.3, 0.4) is 0 Å². The van der Waals surface area contributed by atoms with Gasteiger partial charge in [-0.1, -0.05) is 20.3 Å². The maximum Gasteiger partial charge on any atom is 0.0741 e. The predicted octanol–water partition coefficient (Wildman–Crippen LogP) is 2.55. The molecule has 1 heterocycles. The molecule has 78 valence electrons. The molecule has 1 rings (SSSR count). The predicted molar refractivity (Wildman–Crippen MR) is 59.0 cm³/mol. The summed E-state index contributed by atoms with van der Waals surface area (Å²) in [4.78, 5) is 2.50. The molecule has 2 nitrogen and oxygen atoms in total. The van der Waals surface area contributed by atoms with Crippen molar-refractivity contribution in [2.45, 2.75) is 38.4 Å². The van der Waals surface area contributed by atoms with Crippen molar-refractivity contribution in [3.8, 4) is 0 Å². The quantitative estimate of drug-likeness (QED) is 0.503. The highest BCUT2D eigenvalue weighted by atomic mass is 32.2. The third-order valence-electron chi connectivity index (χ3n) is 2.20. The summed E-state index contributed by atoms with van der Waals surface area (Å²) in [6.45, 7) is 8.85. The maximum atomic E-state index is 5.47. The Hall–Kier alpha value is 0.270. The first-order valence-electron chi connectivity index (χ1n) is 5.29. The van der Waals surface area contributed by atoms with Crippen molar-refractivity contribution in [3.05, 3.63) is 0 Å². The Morgan fingerprint density at radius 2 is 1.92 bits per heavy atom. The third-order valence-corrected chi connectivity index (χ3v) is 2.89. The van der Waals surface area contributed by atoms with E-state index in [4.69, 9.17) is 4.18 Å². The Kier molecular flexibility index (Phi) is 5.83. The average molecular weight is 203 g/mol. The van der Waals surface area contributed by atoms with Crippen LogP contribution in [0.1, 0.15) is 33.1 Å². The van der Waals surface area contributed by atoms with E-state index in [1.54, 1.807) is 12.0 Å². The average Bonchev–Trinajstić information content (AvgIpc) is 2.14. The normalized spacial score (nSPS) is 19.6. The van der Waals surface area contributed by atoms with Crippen molar-refractivity contribution in [1.82, 2.24) is 4.90 Å². The van der Waals surface area contributed by atoms with Crippen LogP contribution in [-0.4, -0.2) is 36.4 Å². The third kappa shape index (κ3) is 5.55. The number of piperidine rings is 1. The van der Waals surface area contributed by atoms with Gasteiger partial charge in [0.1, 0.15) is 0 Å². The minimum absolute atomic E-state index is 0.585. The van der Waals surface area contributed by atoms with Gasteiger partial charge in [0.2, 0.25) is 0 Å². The van der Waals surface area contributed by atoms with E-state index in [-0.39, 0.29) is 0 Å². The molecule has 13 heavy (non-hydrogen) atoms. The summed E-state index contributed by atoms with van der Waals surface area (Å²) in [5.41, 5.74) is 0. The molecular weight excluding hydrogens is 182 g/mol. The van der Waals surface area contributed by atoms with Gasteiger partial charge in [0.15, 0.2) is 0 Å². The van der Waals surface area contributed by atoms with E-state index in [1.165, 1.54) is 32.4 Å². The Labute approximate surface area is 86.2 Å². The number of hydrogen-bond acceptors (Lipinski definition) is 3.